The van der Waals surface area contributed by atoms with Gasteiger partial charge in [0.1, 0.15) is 0 Å². The summed E-state index contributed by atoms with van der Waals surface area (Å²) >= 11 is 0. The molecule has 0 unspecified atom stereocenters. The van der Waals surface area contributed by atoms with E-state index in [-0.39, 0.29) is 5.92 Å². The molecule has 9 rings (SSSR count). The van der Waals surface area contributed by atoms with Crippen LogP contribution >= 0.6 is 0 Å². The fourth-order valence-corrected chi connectivity index (χ4v) is 8.17. The van der Waals surface area contributed by atoms with Crippen LogP contribution in [-0.4, -0.2) is 0 Å². The second-order valence-electron chi connectivity index (χ2n) is 15.3. The van der Waals surface area contributed by atoms with Crippen molar-refractivity contribution in [3.8, 4) is 0 Å². The maximum atomic E-state index is 2.36. The Morgan fingerprint density at radius 2 is 0.590 bits per heavy atom. The average Bonchev–Trinajstić information content (AvgIpc) is 3.35. The van der Waals surface area contributed by atoms with Gasteiger partial charge < -0.3 is 4.90 Å². The molecule has 0 aliphatic carbocycles. The standard InChI is InChI=1S/C60H47N/c1-7-19-49(20-8-1)58(50-21-9-2-10-22-50)43-46-31-37-55(38-32-46)61(56-39-33-47(34-40-56)44-59(51-23-11-3-12-24-51)52-25-13-4-14-26-52)57-41-35-48(36-42-57)45-60(53-27-15-5-16-28-53)54-29-17-6-18-30-54/h1-44,60H,45H2. The lowest BCUT2D eigenvalue weighted by Gasteiger charge is -2.26. The van der Waals surface area contributed by atoms with Gasteiger partial charge in [-0.05, 0) is 116 Å². The van der Waals surface area contributed by atoms with Gasteiger partial charge in [-0.1, -0.05) is 218 Å². The largest absolute Gasteiger partial charge is 0.311 e. The highest BCUT2D eigenvalue weighted by Gasteiger charge is 2.17. The molecule has 0 heterocycles. The quantitative estimate of drug-likeness (QED) is 0.105. The van der Waals surface area contributed by atoms with E-state index in [2.05, 4.69) is 272 Å². The molecule has 292 valence electrons. The number of anilines is 3. The lowest BCUT2D eigenvalue weighted by Crippen LogP contribution is -2.10. The predicted molar refractivity (Wildman–Crippen MR) is 259 cm³/mol. The summed E-state index contributed by atoms with van der Waals surface area (Å²) in [5.74, 6) is 0.263. The maximum absolute atomic E-state index is 2.36. The van der Waals surface area contributed by atoms with Crippen molar-refractivity contribution in [2.45, 2.75) is 12.3 Å². The first kappa shape index (κ1) is 38.8. The summed E-state index contributed by atoms with van der Waals surface area (Å²) in [6.07, 6.45) is 5.50. The van der Waals surface area contributed by atoms with Crippen molar-refractivity contribution in [2.24, 2.45) is 0 Å². The van der Waals surface area contributed by atoms with Crippen molar-refractivity contribution in [1.82, 2.24) is 0 Å². The third kappa shape index (κ3) is 9.44. The summed E-state index contributed by atoms with van der Waals surface area (Å²) < 4.78 is 0. The van der Waals surface area contributed by atoms with E-state index in [9.17, 15) is 0 Å². The monoisotopic (exact) mass is 781 g/mol. The van der Waals surface area contributed by atoms with Gasteiger partial charge >= 0.3 is 0 Å². The Balaban J connectivity index is 1.08. The molecule has 0 radical (unpaired) electrons. The molecule has 0 amide bonds. The molecule has 0 fully saturated rings. The molecule has 0 bridgehead atoms. The molecule has 0 aromatic heterocycles. The number of rotatable bonds is 13. The van der Waals surface area contributed by atoms with E-state index in [1.165, 1.54) is 50.1 Å². The first-order valence-electron chi connectivity index (χ1n) is 21.1. The third-order valence-electron chi connectivity index (χ3n) is 11.3. The van der Waals surface area contributed by atoms with Gasteiger partial charge in [-0.3, -0.25) is 0 Å². The van der Waals surface area contributed by atoms with Crippen molar-refractivity contribution >= 4 is 40.4 Å². The normalized spacial score (nSPS) is 10.8. The summed E-state index contributed by atoms with van der Waals surface area (Å²) in [7, 11) is 0. The van der Waals surface area contributed by atoms with Crippen LogP contribution in [-0.2, 0) is 6.42 Å². The Labute approximate surface area is 360 Å². The zero-order chi connectivity index (χ0) is 41.1. The van der Waals surface area contributed by atoms with Crippen LogP contribution in [0.25, 0.3) is 23.3 Å². The van der Waals surface area contributed by atoms with Crippen molar-refractivity contribution < 1.29 is 0 Å². The molecule has 0 N–H and O–H groups in total. The van der Waals surface area contributed by atoms with E-state index < -0.39 is 0 Å². The predicted octanol–water partition coefficient (Wildman–Crippen LogP) is 15.7. The van der Waals surface area contributed by atoms with Crippen LogP contribution in [0.3, 0.4) is 0 Å². The minimum absolute atomic E-state index is 0.263. The number of nitrogens with zero attached hydrogens (tertiary/aromatic N) is 1. The lowest BCUT2D eigenvalue weighted by atomic mass is 9.86. The highest BCUT2D eigenvalue weighted by Crippen LogP contribution is 2.37. The SMILES string of the molecule is C(=C(c1ccccc1)c1ccccc1)c1ccc(N(c2ccc(C=C(c3ccccc3)c3ccccc3)cc2)c2ccc(CC(c3ccccc3)c3ccccc3)cc2)cc1. The van der Waals surface area contributed by atoms with E-state index >= 15 is 0 Å². The highest BCUT2D eigenvalue weighted by molar-refractivity contribution is 5.93. The second kappa shape index (κ2) is 18.9. The van der Waals surface area contributed by atoms with Crippen LogP contribution in [0.1, 0.15) is 56.0 Å². The Bertz CT molecular complexity index is 2540. The maximum Gasteiger partial charge on any atom is 0.0462 e. The average molecular weight is 782 g/mol. The van der Waals surface area contributed by atoms with Gasteiger partial charge in [0.15, 0.2) is 0 Å². The van der Waals surface area contributed by atoms with Crippen LogP contribution in [0, 0.1) is 0 Å². The van der Waals surface area contributed by atoms with Gasteiger partial charge in [-0.25, -0.2) is 0 Å². The van der Waals surface area contributed by atoms with Gasteiger partial charge in [-0.2, -0.15) is 0 Å². The van der Waals surface area contributed by atoms with E-state index in [1.807, 2.05) is 0 Å². The molecule has 0 spiro atoms. The first-order valence-corrected chi connectivity index (χ1v) is 21.1. The summed E-state index contributed by atoms with van der Waals surface area (Å²) in [6, 6.07) is 91.4. The van der Waals surface area contributed by atoms with Gasteiger partial charge in [0.05, 0.1) is 0 Å². The minimum atomic E-state index is 0.263. The lowest BCUT2D eigenvalue weighted by molar-refractivity contribution is 0.805. The van der Waals surface area contributed by atoms with E-state index in [0.717, 1.165) is 34.6 Å². The van der Waals surface area contributed by atoms with Gasteiger partial charge in [-0.15, -0.1) is 0 Å². The molecular weight excluding hydrogens is 735 g/mol. The van der Waals surface area contributed by atoms with Crippen molar-refractivity contribution in [1.29, 1.82) is 0 Å². The fourth-order valence-electron chi connectivity index (χ4n) is 8.17. The van der Waals surface area contributed by atoms with E-state index in [1.54, 1.807) is 0 Å². The zero-order valence-electron chi connectivity index (χ0n) is 34.1. The molecule has 0 aliphatic rings. The van der Waals surface area contributed by atoms with Gasteiger partial charge in [0.25, 0.3) is 0 Å². The van der Waals surface area contributed by atoms with Crippen LogP contribution in [0.15, 0.2) is 255 Å². The Morgan fingerprint density at radius 3 is 0.902 bits per heavy atom. The third-order valence-corrected chi connectivity index (χ3v) is 11.3. The van der Waals surface area contributed by atoms with Gasteiger partial charge in [0.2, 0.25) is 0 Å². The Morgan fingerprint density at radius 1 is 0.311 bits per heavy atom. The van der Waals surface area contributed by atoms with Crippen molar-refractivity contribution in [3.05, 3.63) is 305 Å². The fraction of sp³-hybridized carbons (Fsp3) is 0.0333. The Hall–Kier alpha value is -7.74. The molecule has 1 heteroatoms. The summed E-state index contributed by atoms with van der Waals surface area (Å²) in [5.41, 5.74) is 16.7. The molecule has 0 saturated carbocycles. The molecule has 0 atom stereocenters. The van der Waals surface area contributed by atoms with E-state index in [4.69, 9.17) is 0 Å². The summed E-state index contributed by atoms with van der Waals surface area (Å²) in [5, 5.41) is 0. The molecule has 9 aromatic carbocycles. The molecule has 1 nitrogen and oxygen atoms in total. The number of benzene rings is 9. The van der Waals surface area contributed by atoms with Crippen LogP contribution in [0.5, 0.6) is 0 Å². The van der Waals surface area contributed by atoms with Crippen LogP contribution in [0.2, 0.25) is 0 Å². The van der Waals surface area contributed by atoms with Crippen LogP contribution in [0.4, 0.5) is 17.1 Å². The first-order chi connectivity index (χ1) is 30.2. The molecule has 0 saturated heterocycles. The van der Waals surface area contributed by atoms with Gasteiger partial charge in [0, 0.05) is 23.0 Å². The molecule has 61 heavy (non-hydrogen) atoms. The number of hydrogen-bond acceptors (Lipinski definition) is 1. The minimum Gasteiger partial charge on any atom is -0.311 e. The topological polar surface area (TPSA) is 3.24 Å². The molecule has 9 aromatic rings. The zero-order valence-corrected chi connectivity index (χ0v) is 34.1. The Kier molecular flexibility index (Phi) is 12.0. The highest BCUT2D eigenvalue weighted by atomic mass is 15.1. The van der Waals surface area contributed by atoms with E-state index in [0.29, 0.717) is 0 Å². The second-order valence-corrected chi connectivity index (χ2v) is 15.3. The smallest absolute Gasteiger partial charge is 0.0462 e. The van der Waals surface area contributed by atoms with Crippen molar-refractivity contribution in [2.75, 3.05) is 4.90 Å². The summed E-state index contributed by atoms with van der Waals surface area (Å²) in [4.78, 5) is 2.36. The van der Waals surface area contributed by atoms with Crippen molar-refractivity contribution in [3.63, 3.8) is 0 Å². The molecular formula is C60H47N. The van der Waals surface area contributed by atoms with Crippen LogP contribution < -0.4 is 4.90 Å². The molecule has 0 aliphatic heterocycles. The summed E-state index contributed by atoms with van der Waals surface area (Å²) in [6.45, 7) is 0. The number of hydrogen-bond donors (Lipinski definition) is 0.